The molecule has 0 aromatic carbocycles. The van der Waals surface area contributed by atoms with E-state index in [0.717, 1.165) is 96.3 Å². The molecule has 0 heterocycles. The molecule has 0 rings (SSSR count). The minimum atomic E-state index is -1.04. The third kappa shape index (κ3) is 32.6. The van der Waals surface area contributed by atoms with Crippen LogP contribution in [0.2, 0.25) is 0 Å². The lowest BCUT2D eigenvalue weighted by Gasteiger charge is -2.22. The molecule has 0 spiro atoms. The molecule has 9 nitrogen and oxygen atoms in total. The summed E-state index contributed by atoms with van der Waals surface area (Å²) in [6.07, 6.45) is 29.8. The lowest BCUT2D eigenvalue weighted by atomic mass is 9.94. The summed E-state index contributed by atoms with van der Waals surface area (Å²) in [5.41, 5.74) is 0. The Morgan fingerprint density at radius 2 is 1.06 bits per heavy atom. The van der Waals surface area contributed by atoms with Crippen LogP contribution in [0.15, 0.2) is 24.3 Å². The van der Waals surface area contributed by atoms with Crippen molar-refractivity contribution < 1.29 is 44.6 Å². The molecule has 0 saturated carbocycles. The SMILES string of the molecule is CCCCCC[C@@H](O)C/C=C\CCCCCCCC(=O)OCC(CO)OC(=O)C(CCCCCC/C=C\C[C@H](O)CCCCCC)CC(O)CO. The number of carbonyl (C=O) groups excluding carboxylic acids is 2. The summed E-state index contributed by atoms with van der Waals surface area (Å²) < 4.78 is 10.7. The van der Waals surface area contributed by atoms with Gasteiger partial charge in [-0.2, -0.15) is 0 Å². The molecule has 5 atom stereocenters. The van der Waals surface area contributed by atoms with Gasteiger partial charge in [-0.25, -0.2) is 0 Å². The van der Waals surface area contributed by atoms with Gasteiger partial charge >= 0.3 is 11.9 Å². The summed E-state index contributed by atoms with van der Waals surface area (Å²) in [5.74, 6) is -1.58. The maximum absolute atomic E-state index is 12.9. The lowest BCUT2D eigenvalue weighted by Crippen LogP contribution is -2.33. The van der Waals surface area contributed by atoms with Crippen LogP contribution in [0, 0.1) is 5.92 Å². The Labute approximate surface area is 311 Å². The van der Waals surface area contributed by atoms with Crippen LogP contribution in [0.3, 0.4) is 0 Å². The molecule has 0 radical (unpaired) electrons. The first-order valence-electron chi connectivity index (χ1n) is 20.7. The quantitative estimate of drug-likeness (QED) is 0.0241. The maximum atomic E-state index is 12.9. The van der Waals surface area contributed by atoms with Gasteiger partial charge in [0.2, 0.25) is 0 Å². The van der Waals surface area contributed by atoms with Crippen LogP contribution in [-0.2, 0) is 19.1 Å². The fourth-order valence-electron chi connectivity index (χ4n) is 6.04. The van der Waals surface area contributed by atoms with E-state index >= 15 is 0 Å². The molecule has 0 aliphatic carbocycles. The first kappa shape index (κ1) is 49.2. The van der Waals surface area contributed by atoms with E-state index in [1.54, 1.807) is 0 Å². The van der Waals surface area contributed by atoms with Gasteiger partial charge in [0.15, 0.2) is 6.10 Å². The number of allylic oxidation sites excluding steroid dienone is 2. The molecule has 0 aromatic rings. The minimum Gasteiger partial charge on any atom is -0.462 e. The molecule has 0 bridgehead atoms. The summed E-state index contributed by atoms with van der Waals surface area (Å²) in [6.45, 7) is 3.21. The second kappa shape index (κ2) is 36.6. The van der Waals surface area contributed by atoms with Crippen molar-refractivity contribution in [3.63, 3.8) is 0 Å². The van der Waals surface area contributed by atoms with Gasteiger partial charge in [-0.05, 0) is 70.6 Å². The van der Waals surface area contributed by atoms with Crippen LogP contribution in [-0.4, -0.2) is 81.7 Å². The highest BCUT2D eigenvalue weighted by Crippen LogP contribution is 2.20. The van der Waals surface area contributed by atoms with Gasteiger partial charge < -0.3 is 35.0 Å². The van der Waals surface area contributed by atoms with Gasteiger partial charge in [0.1, 0.15) is 6.61 Å². The third-order valence-electron chi connectivity index (χ3n) is 9.37. The van der Waals surface area contributed by atoms with Gasteiger partial charge in [-0.1, -0.05) is 128 Å². The minimum absolute atomic E-state index is 0.0649. The van der Waals surface area contributed by atoms with E-state index in [1.807, 2.05) is 0 Å². The highest BCUT2D eigenvalue weighted by molar-refractivity contribution is 5.73. The summed E-state index contributed by atoms with van der Waals surface area (Å²) in [7, 11) is 0. The summed E-state index contributed by atoms with van der Waals surface area (Å²) in [4.78, 5) is 25.2. The number of hydrogen-bond acceptors (Lipinski definition) is 9. The molecule has 0 aliphatic heterocycles. The molecule has 3 unspecified atom stereocenters. The molecule has 51 heavy (non-hydrogen) atoms. The van der Waals surface area contributed by atoms with Crippen molar-refractivity contribution in [3.8, 4) is 0 Å². The predicted octanol–water partition coefficient (Wildman–Crippen LogP) is 8.42. The highest BCUT2D eigenvalue weighted by atomic mass is 16.6. The monoisotopic (exact) mass is 727 g/mol. The molecule has 300 valence electrons. The van der Waals surface area contributed by atoms with Gasteiger partial charge in [0, 0.05) is 6.42 Å². The molecule has 5 N–H and O–H groups in total. The Morgan fingerprint density at radius 1 is 0.569 bits per heavy atom. The van der Waals surface area contributed by atoms with E-state index in [-0.39, 0.29) is 37.6 Å². The second-order valence-electron chi connectivity index (χ2n) is 14.4. The molecule has 0 saturated heterocycles. The number of ether oxygens (including phenoxy) is 2. The number of carbonyl (C=O) groups is 2. The van der Waals surface area contributed by atoms with Gasteiger partial charge in [0.25, 0.3) is 0 Å². The Morgan fingerprint density at radius 3 is 1.59 bits per heavy atom. The zero-order chi connectivity index (χ0) is 37.8. The van der Waals surface area contributed by atoms with Gasteiger partial charge in [-0.3, -0.25) is 9.59 Å². The summed E-state index contributed by atoms with van der Waals surface area (Å²) in [6, 6.07) is 0. The van der Waals surface area contributed by atoms with Crippen LogP contribution in [0.5, 0.6) is 0 Å². The van der Waals surface area contributed by atoms with Crippen LogP contribution in [0.25, 0.3) is 0 Å². The summed E-state index contributed by atoms with van der Waals surface area (Å²) in [5, 5.41) is 49.2. The average Bonchev–Trinajstić information content (AvgIpc) is 3.12. The number of rotatable bonds is 37. The van der Waals surface area contributed by atoms with Crippen LogP contribution < -0.4 is 0 Å². The summed E-state index contributed by atoms with van der Waals surface area (Å²) >= 11 is 0. The molecule has 0 aromatic heterocycles. The molecule has 0 aliphatic rings. The molecular weight excluding hydrogens is 648 g/mol. The van der Waals surface area contributed by atoms with Crippen LogP contribution in [0.1, 0.15) is 181 Å². The number of esters is 2. The zero-order valence-electron chi connectivity index (χ0n) is 32.6. The number of hydrogen-bond donors (Lipinski definition) is 5. The topological polar surface area (TPSA) is 154 Å². The first-order valence-corrected chi connectivity index (χ1v) is 20.7. The smallest absolute Gasteiger partial charge is 0.309 e. The Bertz CT molecular complexity index is 846. The van der Waals surface area contributed by atoms with E-state index in [2.05, 4.69) is 38.2 Å². The standard InChI is InChI=1S/C42H78O9/c1-3-5-7-21-27-37(45)29-23-17-13-9-10-15-19-25-31-41(48)50-35-40(34-44)51-42(49)36(32-39(47)33-43)26-20-16-12-11-14-18-24-30-38(46)28-22-8-6-4-2/h17-18,23-24,36-40,43-47H,3-16,19-22,25-35H2,1-2H3/b23-17-,24-18-/t36?,37-,38-,39?,40?/m1/s1. The molecule has 0 amide bonds. The molecule has 0 fully saturated rings. The number of aliphatic hydroxyl groups is 5. The number of aliphatic hydroxyl groups excluding tert-OH is 5. The van der Waals surface area contributed by atoms with Crippen molar-refractivity contribution in [2.75, 3.05) is 19.8 Å². The number of unbranched alkanes of at least 4 members (excludes halogenated alkanes) is 15. The highest BCUT2D eigenvalue weighted by Gasteiger charge is 2.26. The largest absolute Gasteiger partial charge is 0.462 e. The molecular formula is C42H78O9. The normalized spacial score (nSPS) is 14.9. The zero-order valence-corrected chi connectivity index (χ0v) is 32.6. The molecule has 9 heteroatoms. The maximum Gasteiger partial charge on any atom is 0.309 e. The first-order chi connectivity index (χ1) is 24.8. The van der Waals surface area contributed by atoms with Crippen molar-refractivity contribution in [2.45, 2.75) is 205 Å². The second-order valence-corrected chi connectivity index (χ2v) is 14.4. The average molecular weight is 727 g/mol. The van der Waals surface area contributed by atoms with E-state index in [0.29, 0.717) is 19.3 Å². The van der Waals surface area contributed by atoms with E-state index in [9.17, 15) is 35.1 Å². The lowest BCUT2D eigenvalue weighted by molar-refractivity contribution is -0.166. The van der Waals surface area contributed by atoms with Crippen molar-refractivity contribution in [1.29, 1.82) is 0 Å². The fourth-order valence-corrected chi connectivity index (χ4v) is 6.04. The predicted molar refractivity (Wildman–Crippen MR) is 206 cm³/mol. The van der Waals surface area contributed by atoms with Gasteiger partial charge in [-0.15, -0.1) is 0 Å². The Hall–Kier alpha value is -1.78. The Balaban J connectivity index is 4.18. The fraction of sp³-hybridized carbons (Fsp3) is 0.857. The van der Waals surface area contributed by atoms with E-state index in [1.165, 1.54) is 38.5 Å². The van der Waals surface area contributed by atoms with Gasteiger partial charge in [0.05, 0.1) is 37.4 Å². The van der Waals surface area contributed by atoms with Crippen molar-refractivity contribution in [1.82, 2.24) is 0 Å². The third-order valence-corrected chi connectivity index (χ3v) is 9.37. The van der Waals surface area contributed by atoms with Crippen LogP contribution in [0.4, 0.5) is 0 Å². The van der Waals surface area contributed by atoms with Crippen molar-refractivity contribution >= 4 is 11.9 Å². The van der Waals surface area contributed by atoms with Crippen molar-refractivity contribution in [2.24, 2.45) is 5.92 Å². The van der Waals surface area contributed by atoms with Crippen molar-refractivity contribution in [3.05, 3.63) is 24.3 Å². The Kier molecular flexibility index (Phi) is 35.3. The van der Waals surface area contributed by atoms with E-state index in [4.69, 9.17) is 9.47 Å². The van der Waals surface area contributed by atoms with E-state index < -0.39 is 37.3 Å². The van der Waals surface area contributed by atoms with Crippen LogP contribution >= 0.6 is 0 Å².